The van der Waals surface area contributed by atoms with Gasteiger partial charge in [-0.1, -0.05) is 6.92 Å². The fourth-order valence-corrected chi connectivity index (χ4v) is 2.81. The molecule has 7 nitrogen and oxygen atoms in total. The van der Waals surface area contributed by atoms with Gasteiger partial charge in [-0.15, -0.1) is 0 Å². The van der Waals surface area contributed by atoms with Gasteiger partial charge in [-0.05, 0) is 42.4 Å². The lowest BCUT2D eigenvalue weighted by atomic mass is 9.82. The van der Waals surface area contributed by atoms with Crippen LogP contribution in [-0.4, -0.2) is 32.2 Å². The molecule has 8 heteroatoms. The zero-order chi connectivity index (χ0) is 15.4. The number of nitrogens with two attached hydrogens (primary N) is 1. The Morgan fingerprint density at radius 1 is 1.48 bits per heavy atom. The number of thiocarbonyl (C=S) groups is 1. The molecule has 2 atom stereocenters. The highest BCUT2D eigenvalue weighted by Gasteiger charge is 2.42. The molecule has 0 saturated carbocycles. The van der Waals surface area contributed by atoms with E-state index in [1.165, 1.54) is 0 Å². The summed E-state index contributed by atoms with van der Waals surface area (Å²) in [5.41, 5.74) is 7.20. The summed E-state index contributed by atoms with van der Waals surface area (Å²) in [6.07, 6.45) is -0.653. The average Bonchev–Trinajstić information content (AvgIpc) is 2.85. The molecule has 21 heavy (non-hydrogen) atoms. The maximum atomic E-state index is 10.4. The van der Waals surface area contributed by atoms with Crippen molar-refractivity contribution in [1.29, 1.82) is 0 Å². The average molecular weight is 308 g/mol. The molecular formula is C13H16N4O3S. The molecule has 3 rings (SSSR count). The first kappa shape index (κ1) is 14.0. The summed E-state index contributed by atoms with van der Waals surface area (Å²) in [5, 5.41) is 21.1. The van der Waals surface area contributed by atoms with Gasteiger partial charge in [0, 0.05) is 11.5 Å². The van der Waals surface area contributed by atoms with Gasteiger partial charge in [0.15, 0.2) is 10.6 Å². The van der Waals surface area contributed by atoms with E-state index in [0.29, 0.717) is 22.5 Å². The number of nitrogens with one attached hydrogen (secondary N) is 1. The largest absolute Gasteiger partial charge is 0.483 e. The van der Waals surface area contributed by atoms with Crippen LogP contribution in [-0.2, 0) is 0 Å². The number of nitrogens with zero attached hydrogens (tertiary/aromatic N) is 2. The van der Waals surface area contributed by atoms with Gasteiger partial charge in [0.1, 0.15) is 22.6 Å². The van der Waals surface area contributed by atoms with Crippen LogP contribution in [0, 0.1) is 0 Å². The van der Waals surface area contributed by atoms with Crippen molar-refractivity contribution in [3.8, 4) is 5.75 Å². The van der Waals surface area contributed by atoms with Crippen LogP contribution in [0.5, 0.6) is 5.75 Å². The van der Waals surface area contributed by atoms with Crippen LogP contribution in [0.15, 0.2) is 10.7 Å². The molecule has 1 aromatic carbocycles. The molecule has 2 aromatic rings. The summed E-state index contributed by atoms with van der Waals surface area (Å²) in [5.74, 6) is 0.422. The smallest absolute Gasteiger partial charge is 0.168 e. The van der Waals surface area contributed by atoms with Crippen molar-refractivity contribution in [2.45, 2.75) is 38.4 Å². The molecule has 0 bridgehead atoms. The fourth-order valence-electron chi connectivity index (χ4n) is 2.71. The lowest BCUT2D eigenvalue weighted by Crippen LogP contribution is -2.48. The van der Waals surface area contributed by atoms with E-state index in [1.54, 1.807) is 6.07 Å². The molecule has 0 spiro atoms. The third-order valence-electron chi connectivity index (χ3n) is 3.82. The zero-order valence-electron chi connectivity index (χ0n) is 11.9. The summed E-state index contributed by atoms with van der Waals surface area (Å²) in [6, 6.07) is 1.80. The molecule has 0 amide bonds. The van der Waals surface area contributed by atoms with E-state index in [4.69, 9.17) is 27.3 Å². The summed E-state index contributed by atoms with van der Waals surface area (Å²) in [7, 11) is 0. The molecule has 0 radical (unpaired) electrons. The second-order valence-electron chi connectivity index (χ2n) is 5.73. The lowest BCUT2D eigenvalue weighted by molar-refractivity contribution is -0.0543. The van der Waals surface area contributed by atoms with Crippen LogP contribution in [0.25, 0.3) is 11.0 Å². The van der Waals surface area contributed by atoms with Gasteiger partial charge in [-0.2, -0.15) is 0 Å². The predicted molar refractivity (Wildman–Crippen MR) is 81.3 cm³/mol. The number of hydrogen-bond acceptors (Lipinski definition) is 6. The molecule has 1 aliphatic heterocycles. The molecule has 0 aliphatic carbocycles. The SMILES string of the molecule is CC1c2cc3nonc3c(NC(N)=S)c2OC(C)(C)C1O. The van der Waals surface area contributed by atoms with Gasteiger partial charge in [0.05, 0.1) is 6.10 Å². The molecule has 0 fully saturated rings. The molecule has 2 heterocycles. The lowest BCUT2D eigenvalue weighted by Gasteiger charge is -2.41. The van der Waals surface area contributed by atoms with Gasteiger partial charge >= 0.3 is 0 Å². The summed E-state index contributed by atoms with van der Waals surface area (Å²) in [4.78, 5) is 0. The molecule has 1 aliphatic rings. The van der Waals surface area contributed by atoms with Crippen molar-refractivity contribution in [1.82, 2.24) is 10.3 Å². The van der Waals surface area contributed by atoms with Crippen LogP contribution < -0.4 is 15.8 Å². The summed E-state index contributed by atoms with van der Waals surface area (Å²) in [6.45, 7) is 5.58. The van der Waals surface area contributed by atoms with Crippen molar-refractivity contribution < 1.29 is 14.5 Å². The molecule has 1 aromatic heterocycles. The minimum absolute atomic E-state index is 0.0906. The maximum absolute atomic E-state index is 10.4. The van der Waals surface area contributed by atoms with Crippen LogP contribution in [0.2, 0.25) is 0 Å². The Bertz CT molecular complexity index is 728. The van der Waals surface area contributed by atoms with Gasteiger partial charge in [0.25, 0.3) is 0 Å². The highest BCUT2D eigenvalue weighted by Crippen LogP contribution is 2.47. The minimum atomic E-state index is -0.746. The number of fused-ring (bicyclic) bond motifs is 2. The molecule has 112 valence electrons. The number of benzene rings is 1. The summed E-state index contributed by atoms with van der Waals surface area (Å²) >= 11 is 4.91. The van der Waals surface area contributed by atoms with E-state index in [0.717, 1.165) is 5.56 Å². The fraction of sp³-hybridized carbons (Fsp3) is 0.462. The van der Waals surface area contributed by atoms with Gasteiger partial charge in [-0.3, -0.25) is 0 Å². The van der Waals surface area contributed by atoms with Gasteiger partial charge in [-0.25, -0.2) is 4.63 Å². The Kier molecular flexibility index (Phi) is 3.03. The zero-order valence-corrected chi connectivity index (χ0v) is 12.7. The van der Waals surface area contributed by atoms with Crippen LogP contribution in [0.3, 0.4) is 0 Å². The number of aromatic nitrogens is 2. The van der Waals surface area contributed by atoms with E-state index in [-0.39, 0.29) is 11.0 Å². The Labute approximate surface area is 126 Å². The van der Waals surface area contributed by atoms with E-state index in [9.17, 15) is 5.11 Å². The quantitative estimate of drug-likeness (QED) is 0.681. The van der Waals surface area contributed by atoms with E-state index in [1.807, 2.05) is 20.8 Å². The molecular weight excluding hydrogens is 292 g/mol. The number of ether oxygens (including phenoxy) is 1. The Balaban J connectivity index is 2.29. The van der Waals surface area contributed by atoms with Crippen molar-refractivity contribution in [2.75, 3.05) is 5.32 Å². The monoisotopic (exact) mass is 308 g/mol. The normalized spacial score (nSPS) is 23.4. The van der Waals surface area contributed by atoms with Crippen LogP contribution in [0.4, 0.5) is 5.69 Å². The number of hydrogen-bond donors (Lipinski definition) is 3. The first-order valence-corrected chi connectivity index (χ1v) is 6.95. The molecule has 0 saturated heterocycles. The number of anilines is 1. The molecule has 2 unspecified atom stereocenters. The Hall–Kier alpha value is -1.93. The standard InChI is InChI=1S/C13H16N4O3S/c1-5-6-4-7-8(17-20-16-7)9(15-12(14)21)10(6)19-13(2,3)11(5)18/h4-5,11,18H,1-3H3,(H3,14,15,21). The van der Waals surface area contributed by atoms with Gasteiger partial charge in [0.2, 0.25) is 0 Å². The van der Waals surface area contributed by atoms with Crippen LogP contribution >= 0.6 is 12.2 Å². The highest BCUT2D eigenvalue weighted by atomic mass is 32.1. The van der Waals surface area contributed by atoms with Crippen molar-refractivity contribution >= 4 is 34.1 Å². The topological polar surface area (TPSA) is 106 Å². The third kappa shape index (κ3) is 2.11. The maximum Gasteiger partial charge on any atom is 0.168 e. The van der Waals surface area contributed by atoms with E-state index in [2.05, 4.69) is 15.6 Å². The Morgan fingerprint density at radius 3 is 2.86 bits per heavy atom. The minimum Gasteiger partial charge on any atom is -0.483 e. The third-order valence-corrected chi connectivity index (χ3v) is 3.92. The Morgan fingerprint density at radius 2 is 2.19 bits per heavy atom. The summed E-state index contributed by atoms with van der Waals surface area (Å²) < 4.78 is 10.8. The highest BCUT2D eigenvalue weighted by molar-refractivity contribution is 7.80. The first-order valence-electron chi connectivity index (χ1n) is 6.54. The number of aliphatic hydroxyl groups is 1. The van der Waals surface area contributed by atoms with E-state index >= 15 is 0 Å². The van der Waals surface area contributed by atoms with Crippen molar-refractivity contribution in [2.24, 2.45) is 5.73 Å². The predicted octanol–water partition coefficient (Wildman–Crippen LogP) is 1.51. The second kappa shape index (κ2) is 4.54. The van der Waals surface area contributed by atoms with Crippen molar-refractivity contribution in [3.63, 3.8) is 0 Å². The molecule has 4 N–H and O–H groups in total. The first-order chi connectivity index (χ1) is 9.81. The van der Waals surface area contributed by atoms with Crippen LogP contribution in [0.1, 0.15) is 32.3 Å². The second-order valence-corrected chi connectivity index (χ2v) is 6.17. The van der Waals surface area contributed by atoms with Crippen molar-refractivity contribution in [3.05, 3.63) is 11.6 Å². The number of rotatable bonds is 1. The number of aliphatic hydroxyl groups excluding tert-OH is 1. The van der Waals surface area contributed by atoms with Gasteiger partial charge < -0.3 is 20.9 Å². The van der Waals surface area contributed by atoms with E-state index < -0.39 is 11.7 Å².